The number of hydrogen-bond donors (Lipinski definition) is 2. The molecule has 2 atom stereocenters. The molecule has 0 saturated heterocycles. The molecule has 0 amide bonds. The quantitative estimate of drug-likeness (QED) is 0.784. The van der Waals surface area contributed by atoms with Gasteiger partial charge in [-0.05, 0) is 56.3 Å². The molecule has 0 aromatic heterocycles. The minimum absolute atomic E-state index is 0.451. The minimum Gasteiger partial charge on any atom is -0.497 e. The summed E-state index contributed by atoms with van der Waals surface area (Å²) in [5.41, 5.74) is 8.01. The normalized spacial score (nSPS) is 26.9. The Hall–Kier alpha value is -1.06. The fourth-order valence-corrected chi connectivity index (χ4v) is 3.81. The first-order valence-corrected chi connectivity index (χ1v) is 7.86. The van der Waals surface area contributed by atoms with Gasteiger partial charge in [-0.2, -0.15) is 0 Å². The second kappa shape index (κ2) is 5.74. The van der Waals surface area contributed by atoms with Gasteiger partial charge in [-0.25, -0.2) is 0 Å². The van der Waals surface area contributed by atoms with Crippen molar-refractivity contribution in [3.05, 3.63) is 29.8 Å². The van der Waals surface area contributed by atoms with Gasteiger partial charge in [0, 0.05) is 17.5 Å². The van der Waals surface area contributed by atoms with Crippen LogP contribution in [0.5, 0.6) is 5.75 Å². The second-order valence-corrected chi connectivity index (χ2v) is 6.39. The van der Waals surface area contributed by atoms with E-state index in [0.717, 1.165) is 18.7 Å². The largest absolute Gasteiger partial charge is 0.497 e. The van der Waals surface area contributed by atoms with Crippen LogP contribution in [0.3, 0.4) is 0 Å². The molecule has 1 aromatic rings. The first kappa shape index (κ1) is 13.9. The van der Waals surface area contributed by atoms with Crippen molar-refractivity contribution in [1.82, 2.24) is 5.32 Å². The Morgan fingerprint density at radius 2 is 2.25 bits per heavy atom. The molecule has 0 heterocycles. The summed E-state index contributed by atoms with van der Waals surface area (Å²) in [7, 11) is 1.72. The van der Waals surface area contributed by atoms with Crippen LogP contribution in [0.15, 0.2) is 24.3 Å². The number of rotatable bonds is 6. The van der Waals surface area contributed by atoms with Crippen LogP contribution < -0.4 is 15.8 Å². The van der Waals surface area contributed by atoms with E-state index in [0.29, 0.717) is 17.5 Å². The van der Waals surface area contributed by atoms with Crippen LogP contribution in [-0.2, 0) is 6.42 Å². The lowest BCUT2D eigenvalue weighted by Crippen LogP contribution is -2.69. The van der Waals surface area contributed by atoms with Crippen molar-refractivity contribution in [2.45, 2.75) is 50.6 Å². The van der Waals surface area contributed by atoms with Crippen molar-refractivity contribution in [2.24, 2.45) is 11.1 Å². The highest BCUT2D eigenvalue weighted by Crippen LogP contribution is 2.54. The monoisotopic (exact) mass is 274 g/mol. The molecular formula is C17H26N2O. The lowest BCUT2D eigenvalue weighted by molar-refractivity contribution is -0.0423. The summed E-state index contributed by atoms with van der Waals surface area (Å²) in [6, 6.07) is 9.50. The van der Waals surface area contributed by atoms with Gasteiger partial charge in [0.2, 0.25) is 0 Å². The molecule has 3 nitrogen and oxygen atoms in total. The molecular weight excluding hydrogens is 248 g/mol. The maximum Gasteiger partial charge on any atom is 0.119 e. The maximum absolute atomic E-state index is 6.18. The van der Waals surface area contributed by atoms with E-state index in [9.17, 15) is 0 Å². The highest BCUT2D eigenvalue weighted by atomic mass is 16.5. The smallest absolute Gasteiger partial charge is 0.119 e. The fourth-order valence-electron chi connectivity index (χ4n) is 3.81. The molecule has 1 spiro atoms. The molecule has 2 fully saturated rings. The minimum atomic E-state index is 0.451. The Balaban J connectivity index is 1.40. The number of aryl methyl sites for hydroxylation is 1. The molecule has 0 bridgehead atoms. The SMILES string of the molecule is COc1cccc(CCCNC2CC(N)C23CCC3)c1. The molecule has 3 N–H and O–H groups in total. The molecule has 2 unspecified atom stereocenters. The average molecular weight is 274 g/mol. The van der Waals surface area contributed by atoms with Crippen LogP contribution in [0.2, 0.25) is 0 Å². The molecule has 3 heteroatoms. The summed E-state index contributed by atoms with van der Waals surface area (Å²) in [6.07, 6.45) is 7.49. The van der Waals surface area contributed by atoms with E-state index in [-0.39, 0.29) is 0 Å². The van der Waals surface area contributed by atoms with Crippen molar-refractivity contribution in [1.29, 1.82) is 0 Å². The summed E-state index contributed by atoms with van der Waals surface area (Å²) >= 11 is 0. The summed E-state index contributed by atoms with van der Waals surface area (Å²) < 4.78 is 5.26. The number of ether oxygens (including phenoxy) is 1. The predicted octanol–water partition coefficient (Wildman–Crippen LogP) is 2.49. The third-order valence-electron chi connectivity index (χ3n) is 5.37. The molecule has 2 saturated carbocycles. The van der Waals surface area contributed by atoms with Crippen LogP contribution in [0, 0.1) is 5.41 Å². The van der Waals surface area contributed by atoms with E-state index in [1.165, 1.54) is 37.7 Å². The second-order valence-electron chi connectivity index (χ2n) is 6.39. The lowest BCUT2D eigenvalue weighted by Gasteiger charge is -2.60. The Kier molecular flexibility index (Phi) is 3.99. The van der Waals surface area contributed by atoms with Crippen LogP contribution in [0.25, 0.3) is 0 Å². The third kappa shape index (κ3) is 2.45. The number of hydrogen-bond acceptors (Lipinski definition) is 3. The molecule has 2 aliphatic carbocycles. The van der Waals surface area contributed by atoms with Gasteiger partial charge in [0.15, 0.2) is 0 Å². The maximum atomic E-state index is 6.18. The number of nitrogens with one attached hydrogen (secondary N) is 1. The molecule has 0 aliphatic heterocycles. The van der Waals surface area contributed by atoms with Gasteiger partial charge in [0.05, 0.1) is 7.11 Å². The van der Waals surface area contributed by atoms with Crippen LogP contribution in [0.1, 0.15) is 37.7 Å². The fraction of sp³-hybridized carbons (Fsp3) is 0.647. The lowest BCUT2D eigenvalue weighted by atomic mass is 9.50. The summed E-state index contributed by atoms with van der Waals surface area (Å²) in [6.45, 7) is 1.09. The molecule has 1 aromatic carbocycles. The predicted molar refractivity (Wildman–Crippen MR) is 82.0 cm³/mol. The van der Waals surface area contributed by atoms with E-state index in [1.807, 2.05) is 6.07 Å². The Labute approximate surface area is 121 Å². The van der Waals surface area contributed by atoms with Crippen LogP contribution in [-0.4, -0.2) is 25.7 Å². The van der Waals surface area contributed by atoms with E-state index in [2.05, 4.69) is 23.5 Å². The highest BCUT2D eigenvalue weighted by Gasteiger charge is 2.56. The van der Waals surface area contributed by atoms with Gasteiger partial charge in [0.1, 0.15) is 5.75 Å². The number of benzene rings is 1. The first-order valence-electron chi connectivity index (χ1n) is 7.86. The zero-order valence-electron chi connectivity index (χ0n) is 12.4. The van der Waals surface area contributed by atoms with Crippen molar-refractivity contribution < 1.29 is 4.74 Å². The Morgan fingerprint density at radius 3 is 2.90 bits per heavy atom. The summed E-state index contributed by atoms with van der Waals surface area (Å²) in [5, 5.41) is 3.73. The van der Waals surface area contributed by atoms with Gasteiger partial charge in [-0.15, -0.1) is 0 Å². The summed E-state index contributed by atoms with van der Waals surface area (Å²) in [4.78, 5) is 0. The van der Waals surface area contributed by atoms with Crippen LogP contribution in [0.4, 0.5) is 0 Å². The van der Waals surface area contributed by atoms with Crippen LogP contribution >= 0.6 is 0 Å². The zero-order valence-corrected chi connectivity index (χ0v) is 12.4. The van der Waals surface area contributed by atoms with E-state index < -0.39 is 0 Å². The molecule has 3 rings (SSSR count). The molecule has 110 valence electrons. The van der Waals surface area contributed by atoms with E-state index in [4.69, 9.17) is 10.5 Å². The summed E-state index contributed by atoms with van der Waals surface area (Å²) in [5.74, 6) is 0.953. The standard InChI is InChI=1S/C17H26N2O/c1-20-14-7-2-5-13(11-14)6-3-10-19-16-12-15(18)17(16)8-4-9-17/h2,5,7,11,15-16,19H,3-4,6,8-10,12,18H2,1H3. The van der Waals surface area contributed by atoms with Crippen molar-refractivity contribution >= 4 is 0 Å². The van der Waals surface area contributed by atoms with Crippen molar-refractivity contribution in [2.75, 3.05) is 13.7 Å². The van der Waals surface area contributed by atoms with E-state index >= 15 is 0 Å². The molecule has 0 radical (unpaired) electrons. The van der Waals surface area contributed by atoms with Gasteiger partial charge < -0.3 is 15.8 Å². The third-order valence-corrected chi connectivity index (χ3v) is 5.37. The zero-order chi connectivity index (χ0) is 14.0. The van der Waals surface area contributed by atoms with Gasteiger partial charge in [0.25, 0.3) is 0 Å². The highest BCUT2D eigenvalue weighted by molar-refractivity contribution is 5.28. The topological polar surface area (TPSA) is 47.3 Å². The van der Waals surface area contributed by atoms with Gasteiger partial charge in [-0.3, -0.25) is 0 Å². The Morgan fingerprint density at radius 1 is 1.40 bits per heavy atom. The van der Waals surface area contributed by atoms with Crippen molar-refractivity contribution in [3.63, 3.8) is 0 Å². The average Bonchev–Trinajstić information content (AvgIpc) is 2.40. The number of nitrogens with two attached hydrogens (primary N) is 1. The van der Waals surface area contributed by atoms with Gasteiger partial charge in [-0.1, -0.05) is 18.6 Å². The molecule has 2 aliphatic rings. The van der Waals surface area contributed by atoms with Crippen molar-refractivity contribution in [3.8, 4) is 5.75 Å². The number of methoxy groups -OCH3 is 1. The first-order chi connectivity index (χ1) is 9.74. The molecule has 20 heavy (non-hydrogen) atoms. The van der Waals surface area contributed by atoms with E-state index in [1.54, 1.807) is 7.11 Å². The Bertz CT molecular complexity index is 456. The van der Waals surface area contributed by atoms with Gasteiger partial charge >= 0.3 is 0 Å².